The SMILES string of the molecule is C.CCCc1nc(C(=O)OCC)c(C(C)(C)O)[nH]1.CCCc1nc(C(=O)OCc2oc(=O)oc2CCl)c(C(C)(C)O)[nH]1.O=c1oc(CCl)c(CCl)o1. The molecule has 0 aliphatic carbocycles. The average molecular weight is 798 g/mol. The quantitative estimate of drug-likeness (QED) is 0.0804. The third kappa shape index (κ3) is 13.3. The molecule has 0 saturated heterocycles. The number of hydrogen-bond donors (Lipinski definition) is 4. The topological polar surface area (TPSA) is 237 Å². The standard InChI is InChI=1S/C15H19ClN2O6.C12H20N2O3.C5H4Cl2O3.CH4/c1-4-5-10-17-11(12(18-10)15(2,3)21)13(19)22-7-9-8(6-16)23-14(20)24-9;1-5-7-8-13-9(11(15)17-6-2)10(14-8)12(3,4)16;6-1-3-4(2-7)10-5(8)9-3;/h21H,4-7H2,1-3H3,(H,17,18);16H,5-7H2,1-4H3,(H,13,14);1-2H2;1H4. The zero-order valence-electron chi connectivity index (χ0n) is 29.4. The van der Waals surface area contributed by atoms with Crippen molar-refractivity contribution in [2.75, 3.05) is 6.61 Å². The number of esters is 2. The summed E-state index contributed by atoms with van der Waals surface area (Å²) in [6.07, 6.45) is 3.11. The molecule has 52 heavy (non-hydrogen) atoms. The Morgan fingerprint density at radius 1 is 0.673 bits per heavy atom. The summed E-state index contributed by atoms with van der Waals surface area (Å²) in [7, 11) is 0. The number of ether oxygens (including phenoxy) is 2. The summed E-state index contributed by atoms with van der Waals surface area (Å²) in [5.74, 6) is -0.765. The zero-order valence-corrected chi connectivity index (χ0v) is 31.6. The maximum absolute atomic E-state index is 12.3. The number of aromatic amines is 2. The van der Waals surface area contributed by atoms with Crippen molar-refractivity contribution in [1.29, 1.82) is 0 Å². The number of hydrogen-bond acceptors (Lipinski definition) is 14. The number of carbonyl (C=O) groups excluding carboxylic acids is 2. The Bertz CT molecular complexity index is 1800. The normalized spacial score (nSPS) is 11.2. The molecule has 0 aromatic carbocycles. The van der Waals surface area contributed by atoms with E-state index in [1.807, 2.05) is 13.8 Å². The summed E-state index contributed by atoms with van der Waals surface area (Å²) in [6, 6.07) is 0. The second-order valence-electron chi connectivity index (χ2n) is 11.7. The number of nitrogens with zero attached hydrogens (tertiary/aromatic N) is 2. The molecule has 292 valence electrons. The third-order valence-corrected chi connectivity index (χ3v) is 7.24. The highest BCUT2D eigenvalue weighted by Crippen LogP contribution is 2.24. The lowest BCUT2D eigenvalue weighted by Gasteiger charge is -2.16. The minimum absolute atomic E-state index is 0. The smallest absolute Gasteiger partial charge is 0.461 e. The molecule has 0 radical (unpaired) electrons. The van der Waals surface area contributed by atoms with Gasteiger partial charge in [0.15, 0.2) is 41.0 Å². The molecule has 0 atom stereocenters. The lowest BCUT2D eigenvalue weighted by molar-refractivity contribution is 0.0401. The number of aliphatic hydroxyl groups is 2. The van der Waals surface area contributed by atoms with Gasteiger partial charge in [-0.05, 0) is 47.5 Å². The number of aromatic nitrogens is 4. The van der Waals surface area contributed by atoms with Crippen LogP contribution < -0.4 is 11.6 Å². The van der Waals surface area contributed by atoms with Crippen LogP contribution in [0.2, 0.25) is 0 Å². The maximum atomic E-state index is 12.3. The molecule has 4 heterocycles. The second kappa shape index (κ2) is 21.0. The van der Waals surface area contributed by atoms with Gasteiger partial charge in [0.05, 0.1) is 35.6 Å². The van der Waals surface area contributed by atoms with Crippen molar-refractivity contribution in [2.24, 2.45) is 0 Å². The van der Waals surface area contributed by atoms with Crippen LogP contribution in [0.4, 0.5) is 0 Å². The van der Waals surface area contributed by atoms with Gasteiger partial charge in [-0.15, -0.1) is 34.8 Å². The summed E-state index contributed by atoms with van der Waals surface area (Å²) in [4.78, 5) is 59.8. The Morgan fingerprint density at radius 2 is 1.02 bits per heavy atom. The number of H-pyrrole nitrogens is 2. The number of halogens is 3. The molecule has 0 aliphatic rings. The van der Waals surface area contributed by atoms with Crippen LogP contribution in [0.3, 0.4) is 0 Å². The van der Waals surface area contributed by atoms with Crippen LogP contribution >= 0.6 is 34.8 Å². The van der Waals surface area contributed by atoms with Gasteiger partial charge in [-0.3, -0.25) is 0 Å². The van der Waals surface area contributed by atoms with Crippen molar-refractivity contribution in [1.82, 2.24) is 19.9 Å². The van der Waals surface area contributed by atoms with Gasteiger partial charge < -0.3 is 47.3 Å². The average Bonchev–Trinajstić information content (AvgIpc) is 3.85. The first-order chi connectivity index (χ1) is 23.9. The van der Waals surface area contributed by atoms with Crippen molar-refractivity contribution < 1.29 is 46.9 Å². The highest BCUT2D eigenvalue weighted by Gasteiger charge is 2.30. The predicted octanol–water partition coefficient (Wildman–Crippen LogP) is 6.34. The van der Waals surface area contributed by atoms with Crippen LogP contribution in [0.5, 0.6) is 0 Å². The van der Waals surface area contributed by atoms with Crippen molar-refractivity contribution >= 4 is 46.7 Å². The van der Waals surface area contributed by atoms with Gasteiger partial charge >= 0.3 is 23.6 Å². The van der Waals surface area contributed by atoms with Crippen LogP contribution in [-0.4, -0.2) is 48.7 Å². The van der Waals surface area contributed by atoms with Crippen molar-refractivity contribution in [2.45, 2.75) is 117 Å². The number of alkyl halides is 3. The summed E-state index contributed by atoms with van der Waals surface area (Å²) >= 11 is 16.4. The molecule has 0 aliphatic heterocycles. The first kappa shape index (κ1) is 46.2. The Hall–Kier alpha value is -3.83. The second-order valence-corrected chi connectivity index (χ2v) is 12.5. The summed E-state index contributed by atoms with van der Waals surface area (Å²) in [6.45, 7) is 12.0. The summed E-state index contributed by atoms with van der Waals surface area (Å²) in [5.41, 5.74) is -1.58. The molecule has 0 unspecified atom stereocenters. The minimum Gasteiger partial charge on any atom is -0.461 e. The Kier molecular flexibility index (Phi) is 18.7. The van der Waals surface area contributed by atoms with Crippen LogP contribution in [0.1, 0.15) is 136 Å². The Labute approximate surface area is 315 Å². The Balaban J connectivity index is 0.000000420. The molecule has 19 heteroatoms. The number of aryl methyl sites for hydroxylation is 2. The van der Waals surface area contributed by atoms with E-state index in [-0.39, 0.29) is 60.3 Å². The fourth-order valence-electron chi connectivity index (χ4n) is 4.22. The van der Waals surface area contributed by atoms with Crippen LogP contribution in [0.15, 0.2) is 27.3 Å². The highest BCUT2D eigenvalue weighted by atomic mass is 35.5. The van der Waals surface area contributed by atoms with Crippen LogP contribution in [0.25, 0.3) is 0 Å². The van der Waals surface area contributed by atoms with Gasteiger partial charge in [0.1, 0.15) is 22.9 Å². The van der Waals surface area contributed by atoms with Gasteiger partial charge in [-0.2, -0.15) is 0 Å². The molecule has 0 amide bonds. The number of nitrogens with one attached hydrogen (secondary N) is 2. The fraction of sp³-hybridized carbons (Fsp3) is 0.576. The molecule has 0 fully saturated rings. The highest BCUT2D eigenvalue weighted by molar-refractivity contribution is 6.18. The number of imidazole rings is 2. The molecular weight excluding hydrogens is 751 g/mol. The molecule has 4 aromatic heterocycles. The van der Waals surface area contributed by atoms with E-state index in [0.29, 0.717) is 41.9 Å². The lowest BCUT2D eigenvalue weighted by Crippen LogP contribution is -2.21. The first-order valence-corrected chi connectivity index (χ1v) is 17.4. The van der Waals surface area contributed by atoms with E-state index in [9.17, 15) is 29.4 Å². The molecule has 4 aromatic rings. The van der Waals surface area contributed by atoms with Gasteiger partial charge in [-0.25, -0.2) is 29.1 Å². The van der Waals surface area contributed by atoms with E-state index in [1.54, 1.807) is 20.8 Å². The summed E-state index contributed by atoms with van der Waals surface area (Å²) < 4.78 is 28.5. The maximum Gasteiger partial charge on any atom is 0.519 e. The molecule has 0 bridgehead atoms. The van der Waals surface area contributed by atoms with E-state index in [0.717, 1.165) is 19.3 Å². The van der Waals surface area contributed by atoms with Gasteiger partial charge in [0.2, 0.25) is 0 Å². The number of carbonyl (C=O) groups is 2. The third-order valence-electron chi connectivity index (χ3n) is 6.51. The number of rotatable bonds is 14. The van der Waals surface area contributed by atoms with E-state index in [2.05, 4.69) is 28.8 Å². The van der Waals surface area contributed by atoms with Crippen molar-refractivity contribution in [3.63, 3.8) is 0 Å². The van der Waals surface area contributed by atoms with E-state index >= 15 is 0 Å². The van der Waals surface area contributed by atoms with E-state index < -0.39 is 34.8 Å². The zero-order chi connectivity index (χ0) is 38.5. The largest absolute Gasteiger partial charge is 0.519 e. The first-order valence-electron chi connectivity index (χ1n) is 15.8. The lowest BCUT2D eigenvalue weighted by atomic mass is 10.0. The molecule has 16 nitrogen and oxygen atoms in total. The van der Waals surface area contributed by atoms with Crippen LogP contribution in [0, 0.1) is 0 Å². The van der Waals surface area contributed by atoms with Gasteiger partial charge in [0.25, 0.3) is 0 Å². The minimum atomic E-state index is -1.29. The van der Waals surface area contributed by atoms with Gasteiger partial charge in [-0.1, -0.05) is 21.3 Å². The molecule has 0 spiro atoms. The molecule has 4 N–H and O–H groups in total. The summed E-state index contributed by atoms with van der Waals surface area (Å²) in [5, 5.41) is 20.2. The monoisotopic (exact) mass is 796 g/mol. The van der Waals surface area contributed by atoms with E-state index in [1.165, 1.54) is 13.8 Å². The van der Waals surface area contributed by atoms with Crippen molar-refractivity contribution in [3.8, 4) is 0 Å². The van der Waals surface area contributed by atoms with E-state index in [4.69, 9.17) is 53.1 Å². The predicted molar refractivity (Wildman–Crippen MR) is 191 cm³/mol. The molecule has 4 rings (SSSR count). The van der Waals surface area contributed by atoms with Crippen molar-refractivity contribution in [3.05, 3.63) is 78.7 Å². The fourth-order valence-corrected chi connectivity index (χ4v) is 4.83. The Morgan fingerprint density at radius 3 is 1.35 bits per heavy atom. The molecule has 0 saturated carbocycles. The van der Waals surface area contributed by atoms with Gasteiger partial charge in [0, 0.05) is 12.8 Å². The van der Waals surface area contributed by atoms with Crippen LogP contribution in [-0.2, 0) is 57.8 Å². The molecular formula is C33H47Cl3N4O12.